The Balaban J connectivity index is 1.71. The average Bonchev–Trinajstić information content (AvgIpc) is 3.09. The predicted octanol–water partition coefficient (Wildman–Crippen LogP) is 5.24. The zero-order valence-electron chi connectivity index (χ0n) is 16.3. The monoisotopic (exact) mass is 379 g/mol. The van der Waals surface area contributed by atoms with Crippen LogP contribution in [0.25, 0.3) is 11.4 Å². The summed E-state index contributed by atoms with van der Waals surface area (Å²) in [5, 5.41) is 9.40. The van der Waals surface area contributed by atoms with Crippen molar-refractivity contribution in [1.82, 2.24) is 14.8 Å². The molecule has 1 aromatic heterocycles. The third-order valence-electron chi connectivity index (χ3n) is 4.47. The predicted molar refractivity (Wildman–Crippen MR) is 111 cm³/mol. The summed E-state index contributed by atoms with van der Waals surface area (Å²) in [6.07, 6.45) is 0. The second-order valence-corrected chi connectivity index (χ2v) is 8.40. The van der Waals surface area contributed by atoms with Gasteiger partial charge < -0.3 is 4.57 Å². The van der Waals surface area contributed by atoms with E-state index in [4.69, 9.17) is 0 Å². The van der Waals surface area contributed by atoms with Gasteiger partial charge >= 0.3 is 0 Å². The minimum atomic E-state index is 0.0850. The van der Waals surface area contributed by atoms with Crippen molar-refractivity contribution in [2.24, 2.45) is 0 Å². The van der Waals surface area contributed by atoms with Crippen molar-refractivity contribution >= 4 is 17.5 Å². The summed E-state index contributed by atoms with van der Waals surface area (Å²) in [6, 6.07) is 17.9. The van der Waals surface area contributed by atoms with Crippen LogP contribution < -0.4 is 0 Å². The van der Waals surface area contributed by atoms with E-state index in [1.807, 2.05) is 54.6 Å². The van der Waals surface area contributed by atoms with Gasteiger partial charge in [-0.3, -0.25) is 4.79 Å². The Hall–Kier alpha value is -2.40. The number of thioether (sulfide) groups is 1. The van der Waals surface area contributed by atoms with Gasteiger partial charge in [0.1, 0.15) is 0 Å². The van der Waals surface area contributed by atoms with Crippen LogP contribution in [0.2, 0.25) is 0 Å². The molecule has 0 unspecified atom stereocenters. The van der Waals surface area contributed by atoms with Crippen molar-refractivity contribution in [2.45, 2.75) is 44.8 Å². The molecule has 0 aliphatic carbocycles. The lowest BCUT2D eigenvalue weighted by atomic mass is 9.86. The van der Waals surface area contributed by atoms with E-state index in [0.717, 1.165) is 28.7 Å². The fraction of sp³-hybridized carbons (Fsp3) is 0.318. The normalized spacial score (nSPS) is 11.6. The Labute approximate surface area is 165 Å². The Kier molecular flexibility index (Phi) is 5.80. The first-order valence-electron chi connectivity index (χ1n) is 9.15. The number of hydrogen-bond donors (Lipinski definition) is 0. The average molecular weight is 380 g/mol. The van der Waals surface area contributed by atoms with E-state index < -0.39 is 0 Å². The molecule has 140 valence electrons. The summed E-state index contributed by atoms with van der Waals surface area (Å²) < 4.78 is 2.05. The molecule has 0 radical (unpaired) electrons. The molecule has 0 saturated heterocycles. The molecular weight excluding hydrogens is 354 g/mol. The lowest BCUT2D eigenvalue weighted by Gasteiger charge is -2.18. The second-order valence-electron chi connectivity index (χ2n) is 7.46. The summed E-state index contributed by atoms with van der Waals surface area (Å²) in [5.74, 6) is 1.29. The van der Waals surface area contributed by atoms with Crippen molar-refractivity contribution in [3.05, 3.63) is 65.7 Å². The molecule has 3 rings (SSSR count). The highest BCUT2D eigenvalue weighted by Crippen LogP contribution is 2.25. The molecule has 0 aliphatic rings. The molecule has 0 N–H and O–H groups in total. The van der Waals surface area contributed by atoms with E-state index in [1.165, 1.54) is 17.3 Å². The molecule has 27 heavy (non-hydrogen) atoms. The van der Waals surface area contributed by atoms with Crippen molar-refractivity contribution in [3.63, 3.8) is 0 Å². The first-order valence-corrected chi connectivity index (χ1v) is 10.1. The number of aromatic nitrogens is 3. The Morgan fingerprint density at radius 2 is 1.67 bits per heavy atom. The number of hydrogen-bond acceptors (Lipinski definition) is 4. The lowest BCUT2D eigenvalue weighted by molar-refractivity contribution is 0.102. The van der Waals surface area contributed by atoms with Crippen LogP contribution in [0.1, 0.15) is 43.6 Å². The molecule has 0 atom stereocenters. The number of carbonyl (C=O) groups excluding carboxylic acids is 1. The minimum Gasteiger partial charge on any atom is -0.302 e. The molecule has 0 amide bonds. The smallest absolute Gasteiger partial charge is 0.191 e. The largest absolute Gasteiger partial charge is 0.302 e. The number of ketones is 1. The SMILES string of the molecule is CCn1c(SCC(=O)c2ccc(C(C)(C)C)cc2)nnc1-c1ccccc1. The van der Waals surface area contributed by atoms with Crippen molar-refractivity contribution in [1.29, 1.82) is 0 Å². The van der Waals surface area contributed by atoms with Crippen LogP contribution >= 0.6 is 11.8 Å². The fourth-order valence-corrected chi connectivity index (χ4v) is 3.75. The van der Waals surface area contributed by atoms with Gasteiger partial charge in [-0.25, -0.2) is 0 Å². The van der Waals surface area contributed by atoms with E-state index in [1.54, 1.807) is 0 Å². The standard InChI is InChI=1S/C22H25N3OS/c1-5-25-20(17-9-7-6-8-10-17)23-24-21(25)27-15-19(26)16-11-13-18(14-12-16)22(2,3)4/h6-14H,5,15H2,1-4H3. The summed E-state index contributed by atoms with van der Waals surface area (Å²) in [7, 11) is 0. The summed E-state index contributed by atoms with van der Waals surface area (Å²) in [4.78, 5) is 12.6. The van der Waals surface area contributed by atoms with Crippen LogP contribution in [-0.2, 0) is 12.0 Å². The molecule has 4 nitrogen and oxygen atoms in total. The van der Waals surface area contributed by atoms with Gasteiger partial charge in [0.25, 0.3) is 0 Å². The number of rotatable bonds is 6. The maximum Gasteiger partial charge on any atom is 0.191 e. The Bertz CT molecular complexity index is 909. The van der Waals surface area contributed by atoms with Crippen molar-refractivity contribution in [2.75, 3.05) is 5.75 Å². The highest BCUT2D eigenvalue weighted by molar-refractivity contribution is 7.99. The number of benzene rings is 2. The molecular formula is C22H25N3OS. The van der Waals surface area contributed by atoms with Gasteiger partial charge in [-0.2, -0.15) is 0 Å². The van der Waals surface area contributed by atoms with E-state index in [2.05, 4.69) is 42.5 Å². The number of nitrogens with zero attached hydrogens (tertiary/aromatic N) is 3. The number of Topliss-reactive ketones (excluding diaryl/α,β-unsaturated/α-hetero) is 1. The van der Waals surface area contributed by atoms with E-state index in [0.29, 0.717) is 5.75 Å². The molecule has 1 heterocycles. The third-order valence-corrected chi connectivity index (χ3v) is 5.44. The molecule has 5 heteroatoms. The maximum absolute atomic E-state index is 12.6. The van der Waals surface area contributed by atoms with Crippen molar-refractivity contribution in [3.8, 4) is 11.4 Å². The molecule has 0 aliphatic heterocycles. The zero-order chi connectivity index (χ0) is 19.4. The molecule has 0 saturated carbocycles. The molecule has 0 fully saturated rings. The topological polar surface area (TPSA) is 47.8 Å². The van der Waals surface area contributed by atoms with Gasteiger partial charge in [-0.05, 0) is 17.9 Å². The molecule has 2 aromatic carbocycles. The fourth-order valence-electron chi connectivity index (χ4n) is 2.85. The first-order chi connectivity index (χ1) is 12.9. The van der Waals surface area contributed by atoms with Crippen LogP contribution in [0.5, 0.6) is 0 Å². The second kappa shape index (κ2) is 8.09. The van der Waals surface area contributed by atoms with E-state index >= 15 is 0 Å². The van der Waals surface area contributed by atoms with Gasteiger partial charge in [0, 0.05) is 17.7 Å². The summed E-state index contributed by atoms with van der Waals surface area (Å²) >= 11 is 1.44. The Morgan fingerprint density at radius 3 is 2.26 bits per heavy atom. The minimum absolute atomic E-state index is 0.0850. The number of carbonyl (C=O) groups is 1. The lowest BCUT2D eigenvalue weighted by Crippen LogP contribution is -2.11. The van der Waals surface area contributed by atoms with Gasteiger partial charge in [0.05, 0.1) is 5.75 Å². The highest BCUT2D eigenvalue weighted by Gasteiger charge is 2.17. The zero-order valence-corrected chi connectivity index (χ0v) is 17.1. The molecule has 0 bridgehead atoms. The van der Waals surface area contributed by atoms with Gasteiger partial charge in [-0.15, -0.1) is 10.2 Å². The molecule has 3 aromatic rings. The van der Waals surface area contributed by atoms with Crippen LogP contribution in [-0.4, -0.2) is 26.3 Å². The van der Waals surface area contributed by atoms with Gasteiger partial charge in [-0.1, -0.05) is 87.1 Å². The van der Waals surface area contributed by atoms with Crippen LogP contribution in [0.4, 0.5) is 0 Å². The quantitative estimate of drug-likeness (QED) is 0.434. The van der Waals surface area contributed by atoms with Crippen LogP contribution in [0, 0.1) is 0 Å². The first kappa shape index (κ1) is 19.4. The summed E-state index contributed by atoms with van der Waals surface area (Å²) in [5.41, 5.74) is 3.08. The third kappa shape index (κ3) is 4.48. The van der Waals surface area contributed by atoms with Crippen LogP contribution in [0.15, 0.2) is 59.8 Å². The summed E-state index contributed by atoms with van der Waals surface area (Å²) in [6.45, 7) is 9.33. The van der Waals surface area contributed by atoms with Gasteiger partial charge in [0.15, 0.2) is 16.8 Å². The van der Waals surface area contributed by atoms with E-state index in [9.17, 15) is 4.79 Å². The van der Waals surface area contributed by atoms with Crippen molar-refractivity contribution < 1.29 is 4.79 Å². The molecule has 0 spiro atoms. The van der Waals surface area contributed by atoms with Gasteiger partial charge in [0.2, 0.25) is 0 Å². The Morgan fingerprint density at radius 1 is 1.00 bits per heavy atom. The van der Waals surface area contributed by atoms with E-state index in [-0.39, 0.29) is 11.2 Å². The highest BCUT2D eigenvalue weighted by atomic mass is 32.2. The maximum atomic E-state index is 12.6. The van der Waals surface area contributed by atoms with Crippen LogP contribution in [0.3, 0.4) is 0 Å².